The maximum atomic E-state index is 12.0. The minimum atomic E-state index is -0.606. The average Bonchev–Trinajstić information content (AvgIpc) is 3.30. The summed E-state index contributed by atoms with van der Waals surface area (Å²) < 4.78 is 5.45. The lowest BCUT2D eigenvalue weighted by Crippen LogP contribution is -2.45. The van der Waals surface area contributed by atoms with Crippen LogP contribution in [0.5, 0.6) is 5.75 Å². The fraction of sp³-hybridized carbons (Fsp3) is 0.308. The summed E-state index contributed by atoms with van der Waals surface area (Å²) in [4.78, 5) is 34.4. The Labute approximate surface area is 224 Å². The molecule has 194 valence electrons. The van der Waals surface area contributed by atoms with E-state index >= 15 is 0 Å². The van der Waals surface area contributed by atoms with Gasteiger partial charge in [-0.3, -0.25) is 9.59 Å². The number of nitrogens with zero attached hydrogens (tertiary/aromatic N) is 3. The number of hydrogen-bond acceptors (Lipinski definition) is 7. The van der Waals surface area contributed by atoms with E-state index in [1.165, 1.54) is 11.0 Å². The van der Waals surface area contributed by atoms with Crippen LogP contribution >= 0.6 is 23.2 Å². The Balaban J connectivity index is 1.63. The Hall–Kier alpha value is -3.40. The molecule has 0 spiro atoms. The van der Waals surface area contributed by atoms with Crippen molar-refractivity contribution in [2.24, 2.45) is 0 Å². The van der Waals surface area contributed by atoms with Gasteiger partial charge in [0.2, 0.25) is 17.8 Å². The summed E-state index contributed by atoms with van der Waals surface area (Å²) >= 11 is 13.3. The van der Waals surface area contributed by atoms with Crippen molar-refractivity contribution in [2.75, 3.05) is 32.1 Å². The first-order chi connectivity index (χ1) is 17.8. The predicted octanol–water partition coefficient (Wildman–Crippen LogP) is 3.46. The third-order valence-electron chi connectivity index (χ3n) is 6.35. The highest BCUT2D eigenvalue weighted by molar-refractivity contribution is 6.40. The van der Waals surface area contributed by atoms with Crippen LogP contribution in [0.2, 0.25) is 10.0 Å². The second kappa shape index (κ2) is 11.3. The molecule has 37 heavy (non-hydrogen) atoms. The molecule has 1 saturated heterocycles. The monoisotopic (exact) mass is 543 g/mol. The molecule has 3 N–H and O–H groups in total. The molecule has 2 aromatic carbocycles. The lowest BCUT2D eigenvalue weighted by molar-refractivity contribution is -0.133. The van der Waals surface area contributed by atoms with Gasteiger partial charge in [0.25, 0.3) is 0 Å². The number of likely N-dealkylation sites (tertiary alicyclic amines) is 1. The summed E-state index contributed by atoms with van der Waals surface area (Å²) in [6.45, 7) is 5.40. The summed E-state index contributed by atoms with van der Waals surface area (Å²) in [7, 11) is 1.57. The maximum absolute atomic E-state index is 12.0. The van der Waals surface area contributed by atoms with Crippen molar-refractivity contribution in [2.45, 2.75) is 25.4 Å². The molecule has 1 aliphatic heterocycles. The predicted molar refractivity (Wildman–Crippen MR) is 144 cm³/mol. The molecular formula is C26H27Cl2N5O4. The van der Waals surface area contributed by atoms with Gasteiger partial charge in [0.1, 0.15) is 12.4 Å². The minimum Gasteiger partial charge on any atom is -0.495 e. The second-order valence-electron chi connectivity index (χ2n) is 8.59. The van der Waals surface area contributed by atoms with Gasteiger partial charge in [0, 0.05) is 30.2 Å². The number of benzene rings is 2. The highest BCUT2D eigenvalue weighted by atomic mass is 35.5. The zero-order valence-corrected chi connectivity index (χ0v) is 21.9. The second-order valence-corrected chi connectivity index (χ2v) is 9.34. The molecule has 2 amide bonds. The number of ether oxygens (including phenoxy) is 1. The van der Waals surface area contributed by atoms with Gasteiger partial charge in [-0.2, -0.15) is 0 Å². The first kappa shape index (κ1) is 26.7. The van der Waals surface area contributed by atoms with E-state index in [4.69, 9.17) is 27.9 Å². The number of carbonyl (C=O) groups excluding carboxylic acids is 2. The van der Waals surface area contributed by atoms with Gasteiger partial charge < -0.3 is 25.4 Å². The highest BCUT2D eigenvalue weighted by Crippen LogP contribution is 2.43. The Morgan fingerprint density at radius 2 is 2.00 bits per heavy atom. The van der Waals surface area contributed by atoms with Crippen LogP contribution in [0.25, 0.3) is 22.0 Å². The first-order valence-corrected chi connectivity index (χ1v) is 12.4. The smallest absolute Gasteiger partial charge is 0.248 e. The van der Waals surface area contributed by atoms with E-state index in [9.17, 15) is 14.7 Å². The first-order valence-electron chi connectivity index (χ1n) is 11.7. The SMILES string of the molecule is C=CC(=O)NC1CN(C(=O)CO)CC1Nc1ncc2cc(-c3c(Cl)c(CC)cc(OC)c3Cl)ccc2n1. The molecule has 2 unspecified atom stereocenters. The van der Waals surface area contributed by atoms with Gasteiger partial charge in [-0.25, -0.2) is 9.97 Å². The molecule has 0 radical (unpaired) electrons. The molecule has 0 bridgehead atoms. The van der Waals surface area contributed by atoms with Gasteiger partial charge in [0.05, 0.1) is 34.8 Å². The van der Waals surface area contributed by atoms with Crippen LogP contribution in [0.4, 0.5) is 5.95 Å². The van der Waals surface area contributed by atoms with Crippen LogP contribution in [0.15, 0.2) is 43.1 Å². The standard InChI is InChI=1S/C26H27Cl2N5O4/c1-4-14-9-20(37-3)25(28)23(24(14)27)15-6-7-17-16(8-15)10-29-26(31-17)32-19-12-33(22(36)13-34)11-18(19)30-21(35)5-2/h5-10,18-19,34H,2,4,11-13H2,1,3H3,(H,30,35)(H,29,31,32). The molecule has 1 fully saturated rings. The number of aromatic nitrogens is 2. The number of rotatable bonds is 8. The summed E-state index contributed by atoms with van der Waals surface area (Å²) in [5, 5.41) is 17.0. The van der Waals surface area contributed by atoms with E-state index in [1.807, 2.05) is 31.2 Å². The highest BCUT2D eigenvalue weighted by Gasteiger charge is 2.36. The van der Waals surface area contributed by atoms with E-state index in [2.05, 4.69) is 27.2 Å². The molecule has 4 rings (SSSR count). The van der Waals surface area contributed by atoms with Gasteiger partial charge in [-0.05, 0) is 41.8 Å². The number of carbonyl (C=O) groups is 2. The molecule has 11 heteroatoms. The minimum absolute atomic E-state index is 0.245. The van der Waals surface area contributed by atoms with E-state index in [0.29, 0.717) is 32.8 Å². The van der Waals surface area contributed by atoms with Crippen molar-refractivity contribution in [3.05, 3.63) is 58.7 Å². The number of aliphatic hydroxyl groups is 1. The summed E-state index contributed by atoms with van der Waals surface area (Å²) in [5.41, 5.74) is 3.10. The van der Waals surface area contributed by atoms with Crippen molar-refractivity contribution < 1.29 is 19.4 Å². The fourth-order valence-electron chi connectivity index (χ4n) is 4.39. The lowest BCUT2D eigenvalue weighted by Gasteiger charge is -2.20. The summed E-state index contributed by atoms with van der Waals surface area (Å²) in [6, 6.07) is 6.72. The number of halogens is 2. The van der Waals surface area contributed by atoms with Crippen LogP contribution in [0.1, 0.15) is 12.5 Å². The zero-order chi connectivity index (χ0) is 26.7. The van der Waals surface area contributed by atoms with Gasteiger partial charge in [0.15, 0.2) is 0 Å². The van der Waals surface area contributed by atoms with Crippen LogP contribution in [0.3, 0.4) is 0 Å². The van der Waals surface area contributed by atoms with E-state index in [1.54, 1.807) is 13.3 Å². The Morgan fingerprint density at radius 1 is 1.24 bits per heavy atom. The average molecular weight is 544 g/mol. The fourth-order valence-corrected chi connectivity index (χ4v) is 5.17. The third-order valence-corrected chi connectivity index (χ3v) is 7.15. The molecule has 2 heterocycles. The van der Waals surface area contributed by atoms with E-state index in [0.717, 1.165) is 22.9 Å². The topological polar surface area (TPSA) is 117 Å². The lowest BCUT2D eigenvalue weighted by atomic mass is 9.99. The van der Waals surface area contributed by atoms with Crippen molar-refractivity contribution in [3.63, 3.8) is 0 Å². The van der Waals surface area contributed by atoms with Crippen molar-refractivity contribution in [1.82, 2.24) is 20.2 Å². The third kappa shape index (κ3) is 5.49. The van der Waals surface area contributed by atoms with Gasteiger partial charge in [-0.1, -0.05) is 42.8 Å². The van der Waals surface area contributed by atoms with E-state index < -0.39 is 18.6 Å². The number of nitrogens with one attached hydrogen (secondary N) is 2. The Kier molecular flexibility index (Phi) is 8.16. The molecule has 0 saturated carbocycles. The molecule has 0 aliphatic carbocycles. The largest absolute Gasteiger partial charge is 0.495 e. The van der Waals surface area contributed by atoms with E-state index in [-0.39, 0.29) is 25.0 Å². The molecule has 1 aliphatic rings. The summed E-state index contributed by atoms with van der Waals surface area (Å²) in [5.74, 6) is 0.114. The number of methoxy groups -OCH3 is 1. The molecule has 9 nitrogen and oxygen atoms in total. The van der Waals surface area contributed by atoms with Gasteiger partial charge in [-0.15, -0.1) is 0 Å². The van der Waals surface area contributed by atoms with Crippen molar-refractivity contribution in [1.29, 1.82) is 0 Å². The van der Waals surface area contributed by atoms with Crippen LogP contribution in [-0.2, 0) is 16.0 Å². The summed E-state index contributed by atoms with van der Waals surface area (Å²) in [6.07, 6.45) is 3.57. The molecular weight excluding hydrogens is 517 g/mol. The number of aryl methyl sites for hydroxylation is 1. The molecule has 3 aromatic rings. The Bertz CT molecular complexity index is 1340. The number of aliphatic hydroxyl groups excluding tert-OH is 1. The molecule has 2 atom stereocenters. The maximum Gasteiger partial charge on any atom is 0.248 e. The van der Waals surface area contributed by atoms with Crippen LogP contribution < -0.4 is 15.4 Å². The van der Waals surface area contributed by atoms with Crippen molar-refractivity contribution in [3.8, 4) is 16.9 Å². The number of fused-ring (bicyclic) bond motifs is 1. The van der Waals surface area contributed by atoms with Gasteiger partial charge >= 0.3 is 0 Å². The number of anilines is 1. The number of amides is 2. The van der Waals surface area contributed by atoms with Crippen LogP contribution in [-0.4, -0.2) is 70.7 Å². The number of hydrogen-bond donors (Lipinski definition) is 3. The zero-order valence-electron chi connectivity index (χ0n) is 20.4. The Morgan fingerprint density at radius 3 is 2.68 bits per heavy atom. The molecule has 1 aromatic heterocycles. The quantitative estimate of drug-likeness (QED) is 0.372. The van der Waals surface area contributed by atoms with Crippen LogP contribution in [0, 0.1) is 0 Å². The normalized spacial score (nSPS) is 17.1. The van der Waals surface area contributed by atoms with Crippen molar-refractivity contribution >= 4 is 51.9 Å².